The minimum absolute atomic E-state index is 0.221. The number of rotatable bonds is 2. The molecule has 0 saturated heterocycles. The summed E-state index contributed by atoms with van der Waals surface area (Å²) in [6.45, 7) is 0. The lowest BCUT2D eigenvalue weighted by atomic mass is 9.84. The number of aryl methyl sites for hydroxylation is 1. The number of nitrogen functional groups attached to an aromatic ring is 1. The number of hydrogen-bond donors (Lipinski definition) is 1. The second-order valence-corrected chi connectivity index (χ2v) is 6.53. The maximum atomic E-state index is 14.2. The Morgan fingerprint density at radius 3 is 2.71 bits per heavy atom. The highest BCUT2D eigenvalue weighted by atomic mass is 19.1. The van der Waals surface area contributed by atoms with Crippen molar-refractivity contribution in [2.75, 3.05) is 5.73 Å². The molecule has 2 N–H and O–H groups in total. The van der Waals surface area contributed by atoms with E-state index in [4.69, 9.17) is 5.73 Å². The van der Waals surface area contributed by atoms with E-state index in [2.05, 4.69) is 5.10 Å². The predicted octanol–water partition coefficient (Wildman–Crippen LogP) is 3.71. The Morgan fingerprint density at radius 1 is 1.24 bits per heavy atom. The van der Waals surface area contributed by atoms with Crippen molar-refractivity contribution < 1.29 is 4.39 Å². The highest BCUT2D eigenvalue weighted by Gasteiger charge is 2.42. The molecule has 0 radical (unpaired) electrons. The molecule has 0 amide bonds. The van der Waals surface area contributed by atoms with Crippen molar-refractivity contribution in [3.8, 4) is 11.1 Å². The first-order valence-corrected chi connectivity index (χ1v) is 7.72. The van der Waals surface area contributed by atoms with Gasteiger partial charge in [-0.05, 0) is 37.2 Å². The molecule has 1 aromatic carbocycles. The summed E-state index contributed by atoms with van der Waals surface area (Å²) in [5.74, 6) is 2.33. The molecular formula is C17H20FN3. The molecule has 2 fully saturated rings. The van der Waals surface area contributed by atoms with Crippen LogP contribution in [0.15, 0.2) is 24.3 Å². The summed E-state index contributed by atoms with van der Waals surface area (Å²) < 4.78 is 15.9. The van der Waals surface area contributed by atoms with E-state index in [1.165, 1.54) is 31.7 Å². The minimum Gasteiger partial charge on any atom is -0.383 e. The van der Waals surface area contributed by atoms with E-state index in [1.54, 1.807) is 16.8 Å². The summed E-state index contributed by atoms with van der Waals surface area (Å²) in [5, 5.41) is 4.65. The molecule has 2 bridgehead atoms. The fraction of sp³-hybridized carbons (Fsp3) is 0.471. The van der Waals surface area contributed by atoms with Crippen LogP contribution in [0.3, 0.4) is 0 Å². The Hall–Kier alpha value is -1.84. The topological polar surface area (TPSA) is 43.8 Å². The molecule has 2 aromatic rings. The summed E-state index contributed by atoms with van der Waals surface area (Å²) in [4.78, 5) is 0. The Balaban J connectivity index is 1.85. The molecule has 0 spiro atoms. The predicted molar refractivity (Wildman–Crippen MR) is 81.2 cm³/mol. The molecular weight excluding hydrogens is 265 g/mol. The number of nitrogens with two attached hydrogens (primary N) is 1. The fourth-order valence-corrected chi connectivity index (χ4v) is 4.34. The van der Waals surface area contributed by atoms with Crippen molar-refractivity contribution in [2.45, 2.75) is 31.6 Å². The van der Waals surface area contributed by atoms with Crippen LogP contribution in [0.1, 0.15) is 37.3 Å². The van der Waals surface area contributed by atoms with E-state index < -0.39 is 0 Å². The van der Waals surface area contributed by atoms with Gasteiger partial charge in [-0.1, -0.05) is 24.6 Å². The second kappa shape index (κ2) is 4.58. The minimum atomic E-state index is -0.221. The van der Waals surface area contributed by atoms with Crippen LogP contribution in [-0.4, -0.2) is 9.78 Å². The van der Waals surface area contributed by atoms with Crippen molar-refractivity contribution in [1.29, 1.82) is 0 Å². The van der Waals surface area contributed by atoms with Gasteiger partial charge in [-0.25, -0.2) is 4.39 Å². The monoisotopic (exact) mass is 285 g/mol. The van der Waals surface area contributed by atoms with Crippen molar-refractivity contribution in [1.82, 2.24) is 9.78 Å². The maximum Gasteiger partial charge on any atom is 0.131 e. The van der Waals surface area contributed by atoms with Gasteiger partial charge in [0, 0.05) is 18.5 Å². The number of benzene rings is 1. The lowest BCUT2D eigenvalue weighted by molar-refractivity contribution is 0.411. The molecule has 0 aliphatic heterocycles. The van der Waals surface area contributed by atoms with E-state index in [9.17, 15) is 4.39 Å². The molecule has 1 heterocycles. The number of halogens is 1. The van der Waals surface area contributed by atoms with Crippen LogP contribution >= 0.6 is 0 Å². The van der Waals surface area contributed by atoms with Crippen LogP contribution < -0.4 is 5.73 Å². The number of fused-ring (bicyclic) bond motifs is 2. The van der Waals surface area contributed by atoms with Gasteiger partial charge < -0.3 is 5.73 Å². The van der Waals surface area contributed by atoms with Gasteiger partial charge in [0.05, 0.1) is 11.3 Å². The van der Waals surface area contributed by atoms with Gasteiger partial charge in [0.25, 0.3) is 0 Å². The highest BCUT2D eigenvalue weighted by molar-refractivity contribution is 5.77. The zero-order valence-electron chi connectivity index (χ0n) is 12.2. The number of anilines is 1. The largest absolute Gasteiger partial charge is 0.383 e. The quantitative estimate of drug-likeness (QED) is 0.914. The fourth-order valence-electron chi connectivity index (χ4n) is 4.34. The molecule has 2 saturated carbocycles. The Kier molecular flexibility index (Phi) is 2.81. The zero-order valence-corrected chi connectivity index (χ0v) is 12.2. The first-order valence-electron chi connectivity index (χ1n) is 7.72. The standard InChI is InChI=1S/C17H20FN3/c1-21-17(19)15(12-4-2-3-5-14(12)18)16(20-21)13-9-10-6-7-11(13)8-10/h2-5,10-11,13H,6-9,19H2,1H3. The van der Waals surface area contributed by atoms with E-state index in [0.717, 1.165) is 17.2 Å². The molecule has 4 heteroatoms. The van der Waals surface area contributed by atoms with Gasteiger partial charge in [0.15, 0.2) is 0 Å². The smallest absolute Gasteiger partial charge is 0.131 e. The number of hydrogen-bond acceptors (Lipinski definition) is 2. The molecule has 4 rings (SSSR count). The van der Waals surface area contributed by atoms with Gasteiger partial charge in [-0.2, -0.15) is 5.10 Å². The molecule has 21 heavy (non-hydrogen) atoms. The summed E-state index contributed by atoms with van der Waals surface area (Å²) in [6, 6.07) is 6.86. The van der Waals surface area contributed by atoms with Crippen LogP contribution in [0.2, 0.25) is 0 Å². The summed E-state index contributed by atoms with van der Waals surface area (Å²) >= 11 is 0. The molecule has 3 nitrogen and oxygen atoms in total. The second-order valence-electron chi connectivity index (χ2n) is 6.53. The highest BCUT2D eigenvalue weighted by Crippen LogP contribution is 2.54. The van der Waals surface area contributed by atoms with Gasteiger partial charge in [-0.3, -0.25) is 4.68 Å². The molecule has 3 atom stereocenters. The summed E-state index contributed by atoms with van der Waals surface area (Å²) in [7, 11) is 1.84. The molecule has 1 aromatic heterocycles. The molecule has 2 aliphatic carbocycles. The SMILES string of the molecule is Cn1nc(C2CC3CCC2C3)c(-c2ccccc2F)c1N. The maximum absolute atomic E-state index is 14.2. The molecule has 3 unspecified atom stereocenters. The summed E-state index contributed by atoms with van der Waals surface area (Å²) in [6.07, 6.45) is 5.11. The van der Waals surface area contributed by atoms with Crippen LogP contribution in [0.5, 0.6) is 0 Å². The molecule has 2 aliphatic rings. The third kappa shape index (κ3) is 1.88. The normalized spacial score (nSPS) is 27.4. The van der Waals surface area contributed by atoms with Crippen LogP contribution in [0.25, 0.3) is 11.1 Å². The van der Waals surface area contributed by atoms with Gasteiger partial charge in [-0.15, -0.1) is 0 Å². The van der Waals surface area contributed by atoms with Crippen molar-refractivity contribution in [3.63, 3.8) is 0 Å². The average molecular weight is 285 g/mol. The average Bonchev–Trinajstić information content (AvgIpc) is 3.16. The van der Waals surface area contributed by atoms with Crippen molar-refractivity contribution >= 4 is 5.82 Å². The number of nitrogens with zero attached hydrogens (tertiary/aromatic N) is 2. The van der Waals surface area contributed by atoms with Crippen LogP contribution in [0.4, 0.5) is 10.2 Å². The molecule has 110 valence electrons. The van der Waals surface area contributed by atoms with Crippen LogP contribution in [0, 0.1) is 17.7 Å². The van der Waals surface area contributed by atoms with E-state index in [1.807, 2.05) is 13.1 Å². The first-order chi connectivity index (χ1) is 10.1. The van der Waals surface area contributed by atoms with Crippen molar-refractivity contribution in [3.05, 3.63) is 35.8 Å². The third-order valence-electron chi connectivity index (χ3n) is 5.35. The lowest BCUT2D eigenvalue weighted by Gasteiger charge is -2.21. The van der Waals surface area contributed by atoms with E-state index in [0.29, 0.717) is 23.2 Å². The Labute approximate surface area is 124 Å². The Bertz CT molecular complexity index is 691. The summed E-state index contributed by atoms with van der Waals surface area (Å²) in [5.41, 5.74) is 8.61. The van der Waals surface area contributed by atoms with E-state index in [-0.39, 0.29) is 5.82 Å². The zero-order chi connectivity index (χ0) is 14.6. The van der Waals surface area contributed by atoms with Gasteiger partial charge in [0.2, 0.25) is 0 Å². The Morgan fingerprint density at radius 2 is 2.05 bits per heavy atom. The number of aromatic nitrogens is 2. The first kappa shape index (κ1) is 12.9. The van der Waals surface area contributed by atoms with Gasteiger partial charge in [0.1, 0.15) is 11.6 Å². The van der Waals surface area contributed by atoms with Crippen molar-refractivity contribution in [2.24, 2.45) is 18.9 Å². The third-order valence-corrected chi connectivity index (χ3v) is 5.35. The van der Waals surface area contributed by atoms with E-state index >= 15 is 0 Å². The van der Waals surface area contributed by atoms with Crippen LogP contribution in [-0.2, 0) is 7.05 Å². The van der Waals surface area contributed by atoms with Gasteiger partial charge >= 0.3 is 0 Å². The lowest BCUT2D eigenvalue weighted by Crippen LogP contribution is -2.10.